The molecule has 1 aromatic rings. The third kappa shape index (κ3) is 3.40. The zero-order valence-corrected chi connectivity index (χ0v) is 10.9. The molecule has 1 unspecified atom stereocenters. The standard InChI is InChI=1S/C12H18N2O4/c1-4-9(17-5-2)10-13-7-8(11(15)14-10)12(16)18-6-3/h7,9H,4-6H2,1-3H3,(H,13,14,15). The summed E-state index contributed by atoms with van der Waals surface area (Å²) in [6.07, 6.45) is 1.66. The number of aromatic amines is 1. The van der Waals surface area contributed by atoms with Crippen molar-refractivity contribution in [3.8, 4) is 0 Å². The second-order valence-electron chi connectivity index (χ2n) is 3.58. The van der Waals surface area contributed by atoms with Gasteiger partial charge in [0.2, 0.25) is 0 Å². The minimum Gasteiger partial charge on any atom is -0.462 e. The van der Waals surface area contributed by atoms with E-state index in [9.17, 15) is 9.59 Å². The molecular formula is C12H18N2O4. The second kappa shape index (κ2) is 6.90. The van der Waals surface area contributed by atoms with Gasteiger partial charge in [-0.25, -0.2) is 9.78 Å². The van der Waals surface area contributed by atoms with Crippen molar-refractivity contribution in [1.82, 2.24) is 9.97 Å². The summed E-state index contributed by atoms with van der Waals surface area (Å²) in [5, 5.41) is 0. The molecule has 1 heterocycles. The van der Waals surface area contributed by atoms with Gasteiger partial charge in [0.15, 0.2) is 0 Å². The normalized spacial score (nSPS) is 12.2. The van der Waals surface area contributed by atoms with Crippen LogP contribution < -0.4 is 5.56 Å². The van der Waals surface area contributed by atoms with Crippen LogP contribution in [-0.4, -0.2) is 29.2 Å². The minimum absolute atomic E-state index is 0.0908. The number of carbonyl (C=O) groups is 1. The lowest BCUT2D eigenvalue weighted by Crippen LogP contribution is -2.23. The molecule has 1 aromatic heterocycles. The first kappa shape index (κ1) is 14.4. The van der Waals surface area contributed by atoms with Crippen LogP contribution in [0.15, 0.2) is 11.0 Å². The average molecular weight is 254 g/mol. The van der Waals surface area contributed by atoms with Crippen molar-refractivity contribution in [3.05, 3.63) is 27.9 Å². The van der Waals surface area contributed by atoms with Crippen LogP contribution in [0.1, 0.15) is 49.5 Å². The molecule has 0 aliphatic carbocycles. The predicted molar refractivity (Wildman–Crippen MR) is 65.5 cm³/mol. The van der Waals surface area contributed by atoms with Gasteiger partial charge in [-0.05, 0) is 20.3 Å². The Hall–Kier alpha value is -1.69. The van der Waals surface area contributed by atoms with Gasteiger partial charge in [0.05, 0.1) is 6.61 Å². The number of carbonyl (C=O) groups excluding carboxylic acids is 1. The van der Waals surface area contributed by atoms with Crippen molar-refractivity contribution < 1.29 is 14.3 Å². The van der Waals surface area contributed by atoms with Crippen LogP contribution in [-0.2, 0) is 9.47 Å². The average Bonchev–Trinajstić information content (AvgIpc) is 2.36. The number of aromatic nitrogens is 2. The molecule has 100 valence electrons. The molecule has 1 N–H and O–H groups in total. The Morgan fingerprint density at radius 3 is 2.61 bits per heavy atom. The Morgan fingerprint density at radius 1 is 1.39 bits per heavy atom. The summed E-state index contributed by atoms with van der Waals surface area (Å²) in [4.78, 5) is 29.8. The number of nitrogens with zero attached hydrogens (tertiary/aromatic N) is 1. The quantitative estimate of drug-likeness (QED) is 0.777. The van der Waals surface area contributed by atoms with Gasteiger partial charge in [-0.15, -0.1) is 0 Å². The molecule has 0 aliphatic rings. The van der Waals surface area contributed by atoms with E-state index >= 15 is 0 Å². The maximum atomic E-state index is 11.7. The summed E-state index contributed by atoms with van der Waals surface area (Å²) in [7, 11) is 0. The second-order valence-corrected chi connectivity index (χ2v) is 3.58. The predicted octanol–water partition coefficient (Wildman–Crippen LogP) is 1.43. The van der Waals surface area contributed by atoms with Crippen molar-refractivity contribution in [1.29, 1.82) is 0 Å². The lowest BCUT2D eigenvalue weighted by molar-refractivity contribution is 0.0504. The molecule has 6 nitrogen and oxygen atoms in total. The van der Waals surface area contributed by atoms with Gasteiger partial charge < -0.3 is 14.5 Å². The first-order valence-corrected chi connectivity index (χ1v) is 6.01. The van der Waals surface area contributed by atoms with E-state index in [1.807, 2.05) is 13.8 Å². The third-order valence-electron chi connectivity index (χ3n) is 2.36. The Kier molecular flexibility index (Phi) is 5.51. The fourth-order valence-electron chi connectivity index (χ4n) is 1.52. The van der Waals surface area contributed by atoms with Gasteiger partial charge in [-0.2, -0.15) is 0 Å². The zero-order chi connectivity index (χ0) is 13.5. The molecule has 6 heteroatoms. The van der Waals surface area contributed by atoms with E-state index in [0.29, 0.717) is 18.9 Å². The fraction of sp³-hybridized carbons (Fsp3) is 0.583. The van der Waals surface area contributed by atoms with E-state index < -0.39 is 11.5 Å². The maximum Gasteiger partial charge on any atom is 0.345 e. The summed E-state index contributed by atoms with van der Waals surface area (Å²) >= 11 is 0. The molecule has 0 fully saturated rings. The molecular weight excluding hydrogens is 236 g/mol. The highest BCUT2D eigenvalue weighted by atomic mass is 16.5. The number of rotatable bonds is 6. The lowest BCUT2D eigenvalue weighted by atomic mass is 10.2. The van der Waals surface area contributed by atoms with Crippen LogP contribution in [0.2, 0.25) is 0 Å². The minimum atomic E-state index is -0.665. The Bertz CT molecular complexity index is 456. The molecule has 18 heavy (non-hydrogen) atoms. The molecule has 0 amide bonds. The van der Waals surface area contributed by atoms with Gasteiger partial charge in [0.1, 0.15) is 17.5 Å². The topological polar surface area (TPSA) is 81.3 Å². The van der Waals surface area contributed by atoms with Gasteiger partial charge >= 0.3 is 5.97 Å². The summed E-state index contributed by atoms with van der Waals surface area (Å²) in [6, 6.07) is 0. The maximum absolute atomic E-state index is 11.7. The Morgan fingerprint density at radius 2 is 2.11 bits per heavy atom. The summed E-state index contributed by atoms with van der Waals surface area (Å²) in [5.41, 5.74) is -0.594. The van der Waals surface area contributed by atoms with Crippen LogP contribution >= 0.6 is 0 Å². The van der Waals surface area contributed by atoms with E-state index in [4.69, 9.17) is 9.47 Å². The van der Waals surface area contributed by atoms with Crippen molar-refractivity contribution in [2.45, 2.75) is 33.3 Å². The summed E-state index contributed by atoms with van der Waals surface area (Å²) in [5.74, 6) is -0.236. The van der Waals surface area contributed by atoms with Gasteiger partial charge in [-0.1, -0.05) is 6.92 Å². The molecule has 1 rings (SSSR count). The van der Waals surface area contributed by atoms with E-state index in [0.717, 1.165) is 0 Å². The van der Waals surface area contributed by atoms with Crippen LogP contribution in [0, 0.1) is 0 Å². The highest BCUT2D eigenvalue weighted by molar-refractivity contribution is 5.88. The number of H-pyrrole nitrogens is 1. The van der Waals surface area contributed by atoms with Crippen LogP contribution in [0.25, 0.3) is 0 Å². The molecule has 1 atom stereocenters. The van der Waals surface area contributed by atoms with Crippen molar-refractivity contribution in [2.24, 2.45) is 0 Å². The van der Waals surface area contributed by atoms with Crippen molar-refractivity contribution >= 4 is 5.97 Å². The van der Waals surface area contributed by atoms with Crippen molar-refractivity contribution in [2.75, 3.05) is 13.2 Å². The van der Waals surface area contributed by atoms with Crippen LogP contribution in [0.3, 0.4) is 0 Å². The largest absolute Gasteiger partial charge is 0.462 e. The molecule has 0 saturated heterocycles. The molecule has 0 saturated carbocycles. The van der Waals surface area contributed by atoms with Gasteiger partial charge in [0, 0.05) is 12.8 Å². The SMILES string of the molecule is CCOC(=O)c1cnc(C(CC)OCC)[nH]c1=O. The highest BCUT2D eigenvalue weighted by Crippen LogP contribution is 2.15. The first-order valence-electron chi connectivity index (χ1n) is 6.01. The lowest BCUT2D eigenvalue weighted by Gasteiger charge is -2.13. The summed E-state index contributed by atoms with van der Waals surface area (Å²) < 4.78 is 10.2. The Labute approximate surface area is 105 Å². The van der Waals surface area contributed by atoms with Crippen LogP contribution in [0.4, 0.5) is 0 Å². The highest BCUT2D eigenvalue weighted by Gasteiger charge is 2.16. The van der Waals surface area contributed by atoms with E-state index in [-0.39, 0.29) is 18.3 Å². The van der Waals surface area contributed by atoms with E-state index in [1.165, 1.54) is 6.20 Å². The smallest absolute Gasteiger partial charge is 0.345 e. The molecule has 0 aromatic carbocycles. The monoisotopic (exact) mass is 254 g/mol. The van der Waals surface area contributed by atoms with E-state index in [2.05, 4.69) is 9.97 Å². The van der Waals surface area contributed by atoms with Gasteiger partial charge in [-0.3, -0.25) is 4.79 Å². The van der Waals surface area contributed by atoms with E-state index in [1.54, 1.807) is 6.92 Å². The fourth-order valence-corrected chi connectivity index (χ4v) is 1.52. The van der Waals surface area contributed by atoms with Gasteiger partial charge in [0.25, 0.3) is 5.56 Å². The summed E-state index contributed by atoms with van der Waals surface area (Å²) in [6.45, 7) is 6.22. The molecule has 0 radical (unpaired) electrons. The molecule has 0 spiro atoms. The molecule has 0 bridgehead atoms. The third-order valence-corrected chi connectivity index (χ3v) is 2.36. The number of hydrogen-bond donors (Lipinski definition) is 1. The zero-order valence-electron chi connectivity index (χ0n) is 10.9. The molecule has 0 aliphatic heterocycles. The number of nitrogens with one attached hydrogen (secondary N) is 1. The number of hydrogen-bond acceptors (Lipinski definition) is 5. The van der Waals surface area contributed by atoms with Crippen molar-refractivity contribution in [3.63, 3.8) is 0 Å². The Balaban J connectivity index is 2.98. The van der Waals surface area contributed by atoms with Crippen LogP contribution in [0.5, 0.6) is 0 Å². The first-order chi connectivity index (χ1) is 8.63. The number of ether oxygens (including phenoxy) is 2. The number of esters is 1.